The van der Waals surface area contributed by atoms with Gasteiger partial charge in [-0.15, -0.1) is 0 Å². The molecule has 0 saturated carbocycles. The van der Waals surface area contributed by atoms with E-state index in [-0.39, 0.29) is 26.1 Å². The summed E-state index contributed by atoms with van der Waals surface area (Å²) in [5.41, 5.74) is 11.9. The average Bonchev–Trinajstić information content (AvgIpc) is 4.12. The Morgan fingerprint density at radius 3 is 1.37 bits per heavy atom. The minimum atomic E-state index is -0.398. The van der Waals surface area contributed by atoms with Crippen molar-refractivity contribution in [1.82, 2.24) is 15.1 Å². The number of benzene rings is 5. The lowest BCUT2D eigenvalue weighted by Gasteiger charge is -2.16. The van der Waals surface area contributed by atoms with Crippen molar-refractivity contribution < 1.29 is 25.3 Å². The topological polar surface area (TPSA) is 122 Å². The number of hydrogen-bond acceptors (Lipinski definition) is 8. The van der Waals surface area contributed by atoms with Crippen molar-refractivity contribution >= 4 is 23.8 Å². The summed E-state index contributed by atoms with van der Waals surface area (Å²) in [7, 11) is 0. The number of amides is 2. The van der Waals surface area contributed by atoms with E-state index >= 15 is 0 Å². The number of likely N-dealkylation sites (tertiary alicyclic amines) is 2. The number of rotatable bonds is 9. The first-order valence-electron chi connectivity index (χ1n) is 21.2. The molecular formula is C51H62N4O5. The highest BCUT2D eigenvalue weighted by molar-refractivity contribution is 6.01. The molecule has 0 radical (unpaired) electrons. The first kappa shape index (κ1) is 45.3. The van der Waals surface area contributed by atoms with Gasteiger partial charge in [0.15, 0.2) is 0 Å². The molecule has 2 amide bonds. The molecule has 3 N–H and O–H groups in total. The zero-order chi connectivity index (χ0) is 42.2. The number of ether oxygens (including phenoxy) is 1. The lowest BCUT2D eigenvalue weighted by atomic mass is 9.99. The van der Waals surface area contributed by atoms with Gasteiger partial charge in [-0.25, -0.2) is 0 Å². The highest BCUT2D eigenvalue weighted by atomic mass is 16.6. The molecule has 0 bridgehead atoms. The normalized spacial score (nSPS) is 18.2. The van der Waals surface area contributed by atoms with Gasteiger partial charge >= 0.3 is 11.9 Å². The van der Waals surface area contributed by atoms with E-state index in [4.69, 9.17) is 5.73 Å². The summed E-state index contributed by atoms with van der Waals surface area (Å²) in [6, 6.07) is 52.0. The van der Waals surface area contributed by atoms with Crippen molar-refractivity contribution in [3.05, 3.63) is 179 Å². The molecule has 5 aromatic rings. The van der Waals surface area contributed by atoms with E-state index in [2.05, 4.69) is 106 Å². The van der Waals surface area contributed by atoms with Gasteiger partial charge in [-0.05, 0) is 85.0 Å². The summed E-state index contributed by atoms with van der Waals surface area (Å²) in [5.74, 6) is 0.784. The molecule has 4 fully saturated rings. The zero-order valence-corrected chi connectivity index (χ0v) is 34.7. The minimum absolute atomic E-state index is 0. The lowest BCUT2D eigenvalue weighted by molar-refractivity contribution is -0.152. The van der Waals surface area contributed by atoms with Crippen molar-refractivity contribution in [1.29, 1.82) is 0 Å². The molecule has 4 heterocycles. The van der Waals surface area contributed by atoms with Gasteiger partial charge in [0.05, 0.1) is 19.4 Å². The fourth-order valence-electron chi connectivity index (χ4n) is 7.46. The summed E-state index contributed by atoms with van der Waals surface area (Å²) in [5, 5.41) is 3.39. The van der Waals surface area contributed by atoms with E-state index in [0.717, 1.165) is 23.9 Å². The second-order valence-electron chi connectivity index (χ2n) is 15.5. The molecule has 0 aliphatic carbocycles. The molecule has 4 aliphatic rings. The van der Waals surface area contributed by atoms with Crippen LogP contribution in [-0.2, 0) is 56.4 Å². The quantitative estimate of drug-likeness (QED) is 0.0870. The number of nitrogens with two attached hydrogens (primary N) is 1. The van der Waals surface area contributed by atoms with Crippen molar-refractivity contribution in [3.8, 4) is 0 Å². The first-order chi connectivity index (χ1) is 29.3. The SMILES string of the molecule is NCc1ccccc1.O=C1CCC(=O)N1Cc1ccccc1.O=C1CCC(=O)O1.[HH].c1ccc(CC2CCN(Cc3ccccc3)C2)cc1.c1ccc(CC2CCNC2)cc1. The van der Waals surface area contributed by atoms with E-state index in [0.29, 0.717) is 25.9 Å². The maximum Gasteiger partial charge on any atom is 0.314 e. The van der Waals surface area contributed by atoms with E-state index in [1.54, 1.807) is 0 Å². The average molecular weight is 811 g/mol. The Kier molecular flexibility index (Phi) is 19.4. The third-order valence-corrected chi connectivity index (χ3v) is 10.7. The number of carbonyl (C=O) groups excluding carboxylic acids is 4. The number of nitrogens with one attached hydrogen (secondary N) is 1. The van der Waals surface area contributed by atoms with Gasteiger partial charge in [0.1, 0.15) is 0 Å². The number of cyclic esters (lactones) is 2. The lowest BCUT2D eigenvalue weighted by Crippen LogP contribution is -2.28. The second kappa shape index (κ2) is 25.7. The van der Waals surface area contributed by atoms with Gasteiger partial charge < -0.3 is 15.8 Å². The van der Waals surface area contributed by atoms with Gasteiger partial charge in [0.25, 0.3) is 0 Å². The molecule has 2 unspecified atom stereocenters. The summed E-state index contributed by atoms with van der Waals surface area (Å²) >= 11 is 0. The predicted octanol–water partition coefficient (Wildman–Crippen LogP) is 8.17. The van der Waals surface area contributed by atoms with Crippen molar-refractivity contribution in [3.63, 3.8) is 0 Å². The maximum atomic E-state index is 11.3. The van der Waals surface area contributed by atoms with Crippen molar-refractivity contribution in [2.75, 3.05) is 26.2 Å². The Bertz CT molecular complexity index is 1920. The van der Waals surface area contributed by atoms with Crippen LogP contribution in [0.3, 0.4) is 0 Å². The molecule has 0 aromatic heterocycles. The van der Waals surface area contributed by atoms with Crippen LogP contribution in [0.1, 0.15) is 67.8 Å². The molecule has 9 rings (SSSR count). The molecule has 316 valence electrons. The van der Waals surface area contributed by atoms with Gasteiger partial charge in [-0.3, -0.25) is 29.0 Å². The number of nitrogens with zero attached hydrogens (tertiary/aromatic N) is 2. The third kappa shape index (κ3) is 16.9. The molecular weight excluding hydrogens is 749 g/mol. The van der Waals surface area contributed by atoms with E-state index in [1.165, 1.54) is 79.0 Å². The molecule has 5 aromatic carbocycles. The van der Waals surface area contributed by atoms with E-state index in [9.17, 15) is 19.2 Å². The number of esters is 2. The molecule has 9 heteroatoms. The summed E-state index contributed by atoms with van der Waals surface area (Å²) < 4.78 is 4.08. The van der Waals surface area contributed by atoms with Crippen LogP contribution in [0.5, 0.6) is 0 Å². The number of hydrogen-bond donors (Lipinski definition) is 2. The second-order valence-corrected chi connectivity index (χ2v) is 15.5. The first-order valence-corrected chi connectivity index (χ1v) is 21.2. The van der Waals surface area contributed by atoms with Gasteiger partial charge in [0.2, 0.25) is 11.8 Å². The Balaban J connectivity index is 0.000000175. The monoisotopic (exact) mass is 810 g/mol. The zero-order valence-electron chi connectivity index (χ0n) is 34.7. The number of imide groups is 1. The highest BCUT2D eigenvalue weighted by Gasteiger charge is 2.28. The Hall–Kier alpha value is -5.74. The van der Waals surface area contributed by atoms with Gasteiger partial charge in [-0.1, -0.05) is 152 Å². The molecule has 4 aliphatic heterocycles. The minimum Gasteiger partial charge on any atom is -0.393 e. The molecule has 0 spiro atoms. The van der Waals surface area contributed by atoms with E-state index in [1.807, 2.05) is 60.7 Å². The smallest absolute Gasteiger partial charge is 0.314 e. The Morgan fingerprint density at radius 2 is 0.967 bits per heavy atom. The standard InChI is InChI=1S/C18H21N.C11H11NO2.C11H15N.C7H9N.C4H4O3.H2/c1-3-7-16(8-4-1)13-18-11-12-19(15-18)14-17-9-5-2-6-10-17;13-10-6-7-11(14)12(10)8-9-4-2-1-3-5-9;1-2-4-10(5-3-1)8-11-6-7-12-9-11;8-6-7-4-2-1-3-5-7;5-3-1-2-4(6)7-3;/h1-10,18H,11-15H2;1-5H,6-8H2;1-5,11-12H,6-9H2;1-5H,6,8H2;1-2H2;1H. The Labute approximate surface area is 357 Å². The van der Waals surface area contributed by atoms with Crippen LogP contribution in [0.15, 0.2) is 152 Å². The summed E-state index contributed by atoms with van der Waals surface area (Å²) in [6.07, 6.45) is 6.41. The van der Waals surface area contributed by atoms with Crippen LogP contribution >= 0.6 is 0 Å². The van der Waals surface area contributed by atoms with Crippen LogP contribution in [0.25, 0.3) is 0 Å². The van der Waals surface area contributed by atoms with Gasteiger partial charge in [-0.2, -0.15) is 0 Å². The van der Waals surface area contributed by atoms with Crippen molar-refractivity contribution in [2.45, 2.75) is 71.0 Å². The molecule has 2 atom stereocenters. The fraction of sp³-hybridized carbons (Fsp3) is 0.333. The highest BCUT2D eigenvalue weighted by Crippen LogP contribution is 2.22. The van der Waals surface area contributed by atoms with Crippen molar-refractivity contribution in [2.24, 2.45) is 17.6 Å². The van der Waals surface area contributed by atoms with Crippen LogP contribution < -0.4 is 11.1 Å². The van der Waals surface area contributed by atoms with Crippen LogP contribution in [0.4, 0.5) is 0 Å². The summed E-state index contributed by atoms with van der Waals surface area (Å²) in [6.45, 7) is 7.05. The third-order valence-electron chi connectivity index (χ3n) is 10.7. The molecule has 9 nitrogen and oxygen atoms in total. The van der Waals surface area contributed by atoms with Crippen LogP contribution in [0, 0.1) is 11.8 Å². The van der Waals surface area contributed by atoms with Crippen LogP contribution in [-0.4, -0.2) is 59.7 Å². The summed E-state index contributed by atoms with van der Waals surface area (Å²) in [4.78, 5) is 46.5. The van der Waals surface area contributed by atoms with Crippen LogP contribution in [0.2, 0.25) is 0 Å². The molecule has 4 saturated heterocycles. The molecule has 60 heavy (non-hydrogen) atoms. The van der Waals surface area contributed by atoms with E-state index < -0.39 is 11.9 Å². The fourth-order valence-corrected chi connectivity index (χ4v) is 7.46. The Morgan fingerprint density at radius 1 is 0.533 bits per heavy atom. The number of carbonyl (C=O) groups is 4. The van der Waals surface area contributed by atoms with Gasteiger partial charge in [0, 0.05) is 33.9 Å². The maximum absolute atomic E-state index is 11.3. The predicted molar refractivity (Wildman–Crippen MR) is 239 cm³/mol. The largest absolute Gasteiger partial charge is 0.393 e.